The van der Waals surface area contributed by atoms with Gasteiger partial charge in [-0.05, 0) is 41.3 Å². The standard InChI is InChI=1S/C17H16FNO2/c1-19-15-8-4-13(10-12(15)5-9-16(19)20)17(21)11-2-6-14(18)7-3-11/h2-4,6-8,10,17,21H,5,9H2,1H3. The first-order chi connectivity index (χ1) is 10.1. The highest BCUT2D eigenvalue weighted by Gasteiger charge is 2.22. The van der Waals surface area contributed by atoms with E-state index in [2.05, 4.69) is 0 Å². The summed E-state index contributed by atoms with van der Waals surface area (Å²) < 4.78 is 12.9. The van der Waals surface area contributed by atoms with Crippen molar-refractivity contribution in [1.82, 2.24) is 0 Å². The Bertz CT molecular complexity index is 682. The van der Waals surface area contributed by atoms with Crippen molar-refractivity contribution < 1.29 is 14.3 Å². The van der Waals surface area contributed by atoms with Crippen LogP contribution in [0.4, 0.5) is 10.1 Å². The largest absolute Gasteiger partial charge is 0.384 e. The lowest BCUT2D eigenvalue weighted by Gasteiger charge is -2.26. The summed E-state index contributed by atoms with van der Waals surface area (Å²) in [7, 11) is 1.76. The van der Waals surface area contributed by atoms with Crippen molar-refractivity contribution >= 4 is 11.6 Å². The third-order valence-corrected chi connectivity index (χ3v) is 3.95. The number of benzene rings is 2. The number of hydrogen-bond donors (Lipinski definition) is 1. The highest BCUT2D eigenvalue weighted by molar-refractivity contribution is 5.95. The summed E-state index contributed by atoms with van der Waals surface area (Å²) in [5.41, 5.74) is 3.34. The summed E-state index contributed by atoms with van der Waals surface area (Å²) in [6.07, 6.45) is 0.376. The number of amides is 1. The summed E-state index contributed by atoms with van der Waals surface area (Å²) in [5, 5.41) is 10.4. The van der Waals surface area contributed by atoms with Crippen LogP contribution in [0.1, 0.15) is 29.2 Å². The highest BCUT2D eigenvalue weighted by Crippen LogP contribution is 2.31. The molecule has 0 saturated heterocycles. The zero-order chi connectivity index (χ0) is 15.0. The average Bonchev–Trinajstić information content (AvgIpc) is 2.51. The van der Waals surface area contributed by atoms with Gasteiger partial charge in [0.15, 0.2) is 0 Å². The van der Waals surface area contributed by atoms with E-state index in [1.54, 1.807) is 24.1 Å². The van der Waals surface area contributed by atoms with Crippen LogP contribution in [-0.4, -0.2) is 18.1 Å². The monoisotopic (exact) mass is 285 g/mol. The summed E-state index contributed by atoms with van der Waals surface area (Å²) in [6, 6.07) is 11.4. The molecule has 0 fully saturated rings. The van der Waals surface area contributed by atoms with Crippen LogP contribution in [0.15, 0.2) is 42.5 Å². The molecule has 0 aromatic heterocycles. The van der Waals surface area contributed by atoms with E-state index in [9.17, 15) is 14.3 Å². The van der Waals surface area contributed by atoms with Gasteiger partial charge in [-0.1, -0.05) is 24.3 Å². The Kier molecular flexibility index (Phi) is 3.47. The second kappa shape index (κ2) is 5.30. The van der Waals surface area contributed by atoms with E-state index in [1.807, 2.05) is 18.2 Å². The number of nitrogens with zero attached hydrogens (tertiary/aromatic N) is 1. The van der Waals surface area contributed by atoms with E-state index >= 15 is 0 Å². The van der Waals surface area contributed by atoms with Gasteiger partial charge in [0, 0.05) is 19.2 Å². The maximum atomic E-state index is 12.9. The number of aliphatic hydroxyl groups is 1. The van der Waals surface area contributed by atoms with Crippen molar-refractivity contribution in [3.05, 3.63) is 65.0 Å². The maximum absolute atomic E-state index is 12.9. The summed E-state index contributed by atoms with van der Waals surface area (Å²) >= 11 is 0. The molecule has 1 atom stereocenters. The lowest BCUT2D eigenvalue weighted by atomic mass is 9.95. The third kappa shape index (κ3) is 2.54. The van der Waals surface area contributed by atoms with E-state index in [-0.39, 0.29) is 11.7 Å². The molecular weight excluding hydrogens is 269 g/mol. The normalized spacial score (nSPS) is 15.8. The van der Waals surface area contributed by atoms with Crippen LogP contribution >= 0.6 is 0 Å². The molecule has 3 nitrogen and oxygen atoms in total. The Labute approximate surface area is 122 Å². The highest BCUT2D eigenvalue weighted by atomic mass is 19.1. The molecule has 0 radical (unpaired) electrons. The van der Waals surface area contributed by atoms with Crippen molar-refractivity contribution in [3.8, 4) is 0 Å². The van der Waals surface area contributed by atoms with Gasteiger partial charge in [-0.15, -0.1) is 0 Å². The van der Waals surface area contributed by atoms with Gasteiger partial charge < -0.3 is 10.0 Å². The first-order valence-corrected chi connectivity index (χ1v) is 6.89. The summed E-state index contributed by atoms with van der Waals surface area (Å²) in [4.78, 5) is 13.3. The smallest absolute Gasteiger partial charge is 0.227 e. The first kappa shape index (κ1) is 13.8. The van der Waals surface area contributed by atoms with Crippen molar-refractivity contribution in [2.24, 2.45) is 0 Å². The molecule has 3 rings (SSSR count). The number of rotatable bonds is 2. The number of carbonyl (C=O) groups is 1. The van der Waals surface area contributed by atoms with Gasteiger partial charge in [0.25, 0.3) is 0 Å². The van der Waals surface area contributed by atoms with E-state index in [0.29, 0.717) is 18.4 Å². The van der Waals surface area contributed by atoms with Crippen LogP contribution in [-0.2, 0) is 11.2 Å². The number of aryl methyl sites for hydroxylation is 1. The topological polar surface area (TPSA) is 40.5 Å². The molecule has 1 unspecified atom stereocenters. The molecule has 1 aliphatic heterocycles. The van der Waals surface area contributed by atoms with Crippen LogP contribution in [0.3, 0.4) is 0 Å². The number of aliphatic hydroxyl groups excluding tert-OH is 1. The van der Waals surface area contributed by atoms with Crippen molar-refractivity contribution in [2.45, 2.75) is 18.9 Å². The lowest BCUT2D eigenvalue weighted by molar-refractivity contribution is -0.118. The number of hydrogen-bond acceptors (Lipinski definition) is 2. The maximum Gasteiger partial charge on any atom is 0.227 e. The first-order valence-electron chi connectivity index (χ1n) is 6.89. The minimum absolute atomic E-state index is 0.106. The molecule has 2 aromatic rings. The van der Waals surface area contributed by atoms with Gasteiger partial charge in [-0.25, -0.2) is 4.39 Å². The van der Waals surface area contributed by atoms with Crippen LogP contribution < -0.4 is 4.90 Å². The molecule has 0 spiro atoms. The molecule has 1 heterocycles. The van der Waals surface area contributed by atoms with Crippen molar-refractivity contribution in [1.29, 1.82) is 0 Å². The number of carbonyl (C=O) groups excluding carboxylic acids is 1. The Balaban J connectivity index is 1.93. The van der Waals surface area contributed by atoms with Gasteiger partial charge in [0.1, 0.15) is 11.9 Å². The number of anilines is 1. The van der Waals surface area contributed by atoms with E-state index in [4.69, 9.17) is 0 Å². The second-order valence-electron chi connectivity index (χ2n) is 5.29. The van der Waals surface area contributed by atoms with Crippen LogP contribution in [0.5, 0.6) is 0 Å². The predicted molar refractivity (Wildman–Crippen MR) is 78.6 cm³/mol. The Morgan fingerprint density at radius 3 is 2.48 bits per heavy atom. The Morgan fingerprint density at radius 1 is 1.10 bits per heavy atom. The average molecular weight is 285 g/mol. The van der Waals surface area contributed by atoms with Crippen molar-refractivity contribution in [2.75, 3.05) is 11.9 Å². The molecular formula is C17H16FNO2. The van der Waals surface area contributed by atoms with Crippen LogP contribution in [0.2, 0.25) is 0 Å². The summed E-state index contributed by atoms with van der Waals surface area (Å²) in [5.74, 6) is -0.217. The van der Waals surface area contributed by atoms with Crippen LogP contribution in [0.25, 0.3) is 0 Å². The molecule has 1 aliphatic rings. The van der Waals surface area contributed by atoms with E-state index in [0.717, 1.165) is 16.8 Å². The predicted octanol–water partition coefficient (Wildman–Crippen LogP) is 2.82. The molecule has 1 amide bonds. The Morgan fingerprint density at radius 2 is 1.76 bits per heavy atom. The molecule has 0 saturated carbocycles. The SMILES string of the molecule is CN1C(=O)CCc2cc(C(O)c3ccc(F)cc3)ccc21. The van der Waals surface area contributed by atoms with Crippen molar-refractivity contribution in [3.63, 3.8) is 0 Å². The summed E-state index contributed by atoms with van der Waals surface area (Å²) in [6.45, 7) is 0. The second-order valence-corrected chi connectivity index (χ2v) is 5.29. The molecule has 1 N–H and O–H groups in total. The molecule has 0 aliphatic carbocycles. The molecule has 2 aromatic carbocycles. The molecule has 21 heavy (non-hydrogen) atoms. The molecule has 4 heteroatoms. The van der Waals surface area contributed by atoms with Gasteiger partial charge in [-0.2, -0.15) is 0 Å². The van der Waals surface area contributed by atoms with Crippen LogP contribution in [0, 0.1) is 5.82 Å². The Hall–Kier alpha value is -2.20. The van der Waals surface area contributed by atoms with E-state index < -0.39 is 6.10 Å². The fourth-order valence-corrected chi connectivity index (χ4v) is 2.68. The van der Waals surface area contributed by atoms with Gasteiger partial charge >= 0.3 is 0 Å². The van der Waals surface area contributed by atoms with Gasteiger partial charge in [-0.3, -0.25) is 4.79 Å². The quantitative estimate of drug-likeness (QED) is 0.921. The number of halogens is 1. The minimum Gasteiger partial charge on any atom is -0.384 e. The zero-order valence-corrected chi connectivity index (χ0v) is 11.7. The molecule has 0 bridgehead atoms. The lowest BCUT2D eigenvalue weighted by Crippen LogP contribution is -2.31. The fraction of sp³-hybridized carbons (Fsp3) is 0.235. The number of fused-ring (bicyclic) bond motifs is 1. The third-order valence-electron chi connectivity index (χ3n) is 3.95. The fourth-order valence-electron chi connectivity index (χ4n) is 2.68. The zero-order valence-electron chi connectivity index (χ0n) is 11.7. The van der Waals surface area contributed by atoms with E-state index in [1.165, 1.54) is 12.1 Å². The molecule has 108 valence electrons. The minimum atomic E-state index is -0.793. The van der Waals surface area contributed by atoms with Gasteiger partial charge in [0.2, 0.25) is 5.91 Å². The van der Waals surface area contributed by atoms with Gasteiger partial charge in [0.05, 0.1) is 0 Å².